The second kappa shape index (κ2) is 4.47. The Labute approximate surface area is 118 Å². The summed E-state index contributed by atoms with van der Waals surface area (Å²) in [5.74, 6) is 0.877. The minimum Gasteiger partial charge on any atom is -0.384 e. The second-order valence-corrected chi connectivity index (χ2v) is 6.06. The summed E-state index contributed by atoms with van der Waals surface area (Å²) in [6.45, 7) is 4.16. The van der Waals surface area contributed by atoms with Crippen LogP contribution in [0, 0.1) is 5.92 Å². The third kappa shape index (κ3) is 2.33. The Bertz CT molecular complexity index is 674. The van der Waals surface area contributed by atoms with Crippen LogP contribution in [0.4, 0.5) is 5.82 Å². The molecule has 3 N–H and O–H groups in total. The molecule has 4 nitrogen and oxygen atoms in total. The number of nitrogens with zero attached hydrogens (tertiary/aromatic N) is 1. The molecule has 4 heteroatoms. The van der Waals surface area contributed by atoms with Gasteiger partial charge in [0.15, 0.2) is 0 Å². The fourth-order valence-corrected chi connectivity index (χ4v) is 2.65. The fraction of sp³-hybridized carbons (Fsp3) is 0.375. The Balaban J connectivity index is 1.98. The van der Waals surface area contributed by atoms with E-state index in [0.29, 0.717) is 17.3 Å². The summed E-state index contributed by atoms with van der Waals surface area (Å²) < 4.78 is 0. The van der Waals surface area contributed by atoms with Gasteiger partial charge >= 0.3 is 0 Å². The van der Waals surface area contributed by atoms with Gasteiger partial charge in [-0.25, -0.2) is 4.98 Å². The molecule has 1 fully saturated rings. The van der Waals surface area contributed by atoms with Crippen LogP contribution in [0.1, 0.15) is 37.0 Å². The minimum atomic E-state index is -0.170. The summed E-state index contributed by atoms with van der Waals surface area (Å²) in [5, 5.41) is 3.97. The number of pyridine rings is 1. The Morgan fingerprint density at radius 1 is 1.35 bits per heavy atom. The normalized spacial score (nSPS) is 15.3. The molecule has 0 unspecified atom stereocenters. The highest BCUT2D eigenvalue weighted by Gasteiger charge is 2.39. The number of fused-ring (bicyclic) bond motifs is 1. The number of amides is 1. The zero-order chi connectivity index (χ0) is 14.3. The number of nitrogen functional groups attached to an aromatic ring is 1. The molecule has 1 aromatic heterocycles. The third-order valence-corrected chi connectivity index (χ3v) is 4.01. The molecule has 1 heterocycles. The van der Waals surface area contributed by atoms with Gasteiger partial charge < -0.3 is 11.1 Å². The number of para-hydroxylation sites is 1. The second-order valence-electron chi connectivity index (χ2n) is 6.06. The van der Waals surface area contributed by atoms with Gasteiger partial charge in [0, 0.05) is 10.9 Å². The first-order valence-electron chi connectivity index (χ1n) is 6.95. The van der Waals surface area contributed by atoms with Crippen LogP contribution in [0.3, 0.4) is 0 Å². The predicted octanol–water partition coefficient (Wildman–Crippen LogP) is 2.74. The average Bonchev–Trinajstić information content (AvgIpc) is 3.21. The quantitative estimate of drug-likeness (QED) is 0.900. The largest absolute Gasteiger partial charge is 0.384 e. The lowest BCUT2D eigenvalue weighted by molar-refractivity contribution is 0.0905. The molecular formula is C16H19N3O. The molecule has 3 rings (SSSR count). The first-order valence-corrected chi connectivity index (χ1v) is 6.95. The Kier molecular flexibility index (Phi) is 2.89. The van der Waals surface area contributed by atoms with E-state index in [1.807, 2.05) is 24.3 Å². The van der Waals surface area contributed by atoms with Gasteiger partial charge in [0.1, 0.15) is 5.82 Å². The Morgan fingerprint density at radius 2 is 2.05 bits per heavy atom. The van der Waals surface area contributed by atoms with Gasteiger partial charge in [-0.3, -0.25) is 4.79 Å². The molecule has 1 saturated carbocycles. The van der Waals surface area contributed by atoms with E-state index in [0.717, 1.165) is 10.9 Å². The number of nitrogens with one attached hydrogen (secondary N) is 1. The molecule has 0 radical (unpaired) electrons. The van der Waals surface area contributed by atoms with Gasteiger partial charge in [0.25, 0.3) is 5.91 Å². The van der Waals surface area contributed by atoms with Gasteiger partial charge in [-0.2, -0.15) is 0 Å². The molecule has 104 valence electrons. The number of benzene rings is 1. The number of anilines is 1. The van der Waals surface area contributed by atoms with Crippen LogP contribution in [0.25, 0.3) is 10.9 Å². The molecule has 1 amide bonds. The topological polar surface area (TPSA) is 68.0 Å². The van der Waals surface area contributed by atoms with E-state index < -0.39 is 0 Å². The van der Waals surface area contributed by atoms with Crippen molar-refractivity contribution in [2.45, 2.75) is 32.2 Å². The highest BCUT2D eigenvalue weighted by molar-refractivity contribution is 6.07. The first-order chi connectivity index (χ1) is 9.47. The number of carbonyl (C=O) groups is 1. The molecule has 1 aromatic carbocycles. The summed E-state index contributed by atoms with van der Waals surface area (Å²) in [4.78, 5) is 16.8. The molecule has 0 aliphatic heterocycles. The highest BCUT2D eigenvalue weighted by atomic mass is 16.1. The summed E-state index contributed by atoms with van der Waals surface area (Å²) in [5.41, 5.74) is 6.99. The van der Waals surface area contributed by atoms with Crippen molar-refractivity contribution in [1.82, 2.24) is 10.3 Å². The van der Waals surface area contributed by atoms with Crippen LogP contribution >= 0.6 is 0 Å². The molecule has 0 saturated heterocycles. The monoisotopic (exact) mass is 269 g/mol. The number of rotatable bonds is 3. The lowest BCUT2D eigenvalue weighted by Crippen LogP contribution is -2.45. The zero-order valence-electron chi connectivity index (χ0n) is 11.8. The van der Waals surface area contributed by atoms with Gasteiger partial charge in [-0.15, -0.1) is 0 Å². The van der Waals surface area contributed by atoms with Crippen molar-refractivity contribution in [3.63, 3.8) is 0 Å². The van der Waals surface area contributed by atoms with Crippen LogP contribution in [-0.4, -0.2) is 16.4 Å². The molecule has 1 aliphatic rings. The number of carbonyl (C=O) groups excluding carboxylic acids is 1. The zero-order valence-corrected chi connectivity index (χ0v) is 11.8. The summed E-state index contributed by atoms with van der Waals surface area (Å²) in [6, 6.07) is 9.23. The van der Waals surface area contributed by atoms with Gasteiger partial charge in [0.2, 0.25) is 0 Å². The number of nitrogens with two attached hydrogens (primary N) is 1. The molecule has 0 atom stereocenters. The van der Waals surface area contributed by atoms with Crippen molar-refractivity contribution in [3.8, 4) is 0 Å². The molecule has 2 aromatic rings. The molecule has 0 bridgehead atoms. The standard InChI is InChI=1S/C16H19N3O/c1-16(2,10-7-8-10)19-15(20)12-9-14(17)18-13-6-4-3-5-11(12)13/h3-6,9-10H,7-8H2,1-2H3,(H2,17,18)(H,19,20). The summed E-state index contributed by atoms with van der Waals surface area (Å²) in [6.07, 6.45) is 2.37. The fourth-order valence-electron chi connectivity index (χ4n) is 2.65. The van der Waals surface area contributed by atoms with Crippen molar-refractivity contribution < 1.29 is 4.79 Å². The summed E-state index contributed by atoms with van der Waals surface area (Å²) in [7, 11) is 0. The van der Waals surface area contributed by atoms with Gasteiger partial charge in [0.05, 0.1) is 11.1 Å². The Morgan fingerprint density at radius 3 is 2.75 bits per heavy atom. The maximum Gasteiger partial charge on any atom is 0.252 e. The lowest BCUT2D eigenvalue weighted by Gasteiger charge is -2.26. The molecule has 1 aliphatic carbocycles. The SMILES string of the molecule is CC(C)(NC(=O)c1cc(N)nc2ccccc12)C1CC1. The Hall–Kier alpha value is -2.10. The van der Waals surface area contributed by atoms with E-state index in [9.17, 15) is 4.79 Å². The maximum absolute atomic E-state index is 12.6. The smallest absolute Gasteiger partial charge is 0.252 e. The van der Waals surface area contributed by atoms with Crippen LogP contribution in [0.5, 0.6) is 0 Å². The molecular weight excluding hydrogens is 250 g/mol. The average molecular weight is 269 g/mol. The van der Waals surface area contributed by atoms with Crippen LogP contribution in [-0.2, 0) is 0 Å². The summed E-state index contributed by atoms with van der Waals surface area (Å²) >= 11 is 0. The molecule has 0 spiro atoms. The van der Waals surface area contributed by atoms with Crippen molar-refractivity contribution in [1.29, 1.82) is 0 Å². The number of hydrogen-bond donors (Lipinski definition) is 2. The molecule has 20 heavy (non-hydrogen) atoms. The minimum absolute atomic E-state index is 0.0767. The van der Waals surface area contributed by atoms with Gasteiger partial charge in [-0.05, 0) is 44.7 Å². The van der Waals surface area contributed by atoms with Crippen LogP contribution in [0.15, 0.2) is 30.3 Å². The third-order valence-electron chi connectivity index (χ3n) is 4.01. The first kappa shape index (κ1) is 12.9. The highest BCUT2D eigenvalue weighted by Crippen LogP contribution is 2.39. The van der Waals surface area contributed by atoms with E-state index >= 15 is 0 Å². The number of hydrogen-bond acceptors (Lipinski definition) is 3. The van der Waals surface area contributed by atoms with E-state index in [1.54, 1.807) is 6.07 Å². The van der Waals surface area contributed by atoms with E-state index in [-0.39, 0.29) is 11.4 Å². The van der Waals surface area contributed by atoms with E-state index in [1.165, 1.54) is 12.8 Å². The lowest BCUT2D eigenvalue weighted by atomic mass is 9.97. The predicted molar refractivity (Wildman–Crippen MR) is 80.4 cm³/mol. The van der Waals surface area contributed by atoms with Crippen molar-refractivity contribution in [2.75, 3.05) is 5.73 Å². The van der Waals surface area contributed by atoms with E-state index in [2.05, 4.69) is 24.1 Å². The van der Waals surface area contributed by atoms with Gasteiger partial charge in [-0.1, -0.05) is 18.2 Å². The van der Waals surface area contributed by atoms with Crippen molar-refractivity contribution in [3.05, 3.63) is 35.9 Å². The van der Waals surface area contributed by atoms with Crippen LogP contribution in [0.2, 0.25) is 0 Å². The number of aromatic nitrogens is 1. The van der Waals surface area contributed by atoms with Crippen LogP contribution < -0.4 is 11.1 Å². The van der Waals surface area contributed by atoms with Crippen molar-refractivity contribution in [2.24, 2.45) is 5.92 Å². The van der Waals surface area contributed by atoms with E-state index in [4.69, 9.17) is 5.73 Å². The maximum atomic E-state index is 12.6. The van der Waals surface area contributed by atoms with Crippen molar-refractivity contribution >= 4 is 22.6 Å².